The van der Waals surface area contributed by atoms with Gasteiger partial charge in [0.25, 0.3) is 10.2 Å². The number of piperazine rings is 1. The van der Waals surface area contributed by atoms with Gasteiger partial charge in [0, 0.05) is 58.0 Å². The van der Waals surface area contributed by atoms with Crippen molar-refractivity contribution >= 4 is 16.1 Å². The van der Waals surface area contributed by atoms with Crippen LogP contribution in [0.1, 0.15) is 76.4 Å². The van der Waals surface area contributed by atoms with Gasteiger partial charge in [0.2, 0.25) is 11.8 Å². The monoisotopic (exact) mass is 441 g/mol. The molecule has 2 fully saturated rings. The molecule has 0 aromatic carbocycles. The van der Waals surface area contributed by atoms with E-state index in [0.717, 1.165) is 25.7 Å². The normalized spacial score (nSPS) is 19.7. The predicted molar refractivity (Wildman–Crippen MR) is 113 cm³/mol. The third-order valence-electron chi connectivity index (χ3n) is 6.15. The molecule has 0 radical (unpaired) electrons. The van der Waals surface area contributed by atoms with E-state index < -0.39 is 10.2 Å². The van der Waals surface area contributed by atoms with Gasteiger partial charge in [0.1, 0.15) is 0 Å². The number of hydrogen-bond donors (Lipinski definition) is 0. The Morgan fingerprint density at radius 1 is 1.17 bits per heavy atom. The van der Waals surface area contributed by atoms with E-state index in [9.17, 15) is 13.2 Å². The van der Waals surface area contributed by atoms with Crippen molar-refractivity contribution in [3.63, 3.8) is 0 Å². The van der Waals surface area contributed by atoms with Crippen molar-refractivity contribution in [2.75, 3.05) is 33.2 Å². The Balaban J connectivity index is 1.43. The van der Waals surface area contributed by atoms with E-state index in [-0.39, 0.29) is 17.9 Å². The fourth-order valence-electron chi connectivity index (χ4n) is 4.14. The molecule has 3 rings (SSSR count). The number of amides is 1. The minimum atomic E-state index is -3.47. The highest BCUT2D eigenvalue weighted by Gasteiger charge is 2.35. The Morgan fingerprint density at radius 3 is 2.43 bits per heavy atom. The Labute approximate surface area is 180 Å². The zero-order valence-electron chi connectivity index (χ0n) is 18.4. The number of aryl methyl sites for hydroxylation is 1. The van der Waals surface area contributed by atoms with Crippen LogP contribution in [0.3, 0.4) is 0 Å². The van der Waals surface area contributed by atoms with Crippen LogP contribution in [-0.4, -0.2) is 77.2 Å². The third kappa shape index (κ3) is 5.59. The van der Waals surface area contributed by atoms with Crippen LogP contribution in [0.15, 0.2) is 4.52 Å². The fourth-order valence-corrected chi connectivity index (χ4v) is 5.71. The lowest BCUT2D eigenvalue weighted by Crippen LogP contribution is -2.55. The Hall–Kier alpha value is -1.52. The van der Waals surface area contributed by atoms with Crippen LogP contribution in [0, 0.1) is 0 Å². The Kier molecular flexibility index (Phi) is 7.86. The van der Waals surface area contributed by atoms with Crippen LogP contribution in [0.2, 0.25) is 0 Å². The van der Waals surface area contributed by atoms with Gasteiger partial charge in [0.15, 0.2) is 5.82 Å². The van der Waals surface area contributed by atoms with Crippen molar-refractivity contribution in [1.29, 1.82) is 0 Å². The van der Waals surface area contributed by atoms with Crippen LogP contribution < -0.4 is 0 Å². The van der Waals surface area contributed by atoms with Crippen LogP contribution in [0.5, 0.6) is 0 Å². The SMILES string of the molecule is CC(C)c1noc(CCCC(=O)N2CCN(S(=O)(=O)N(C)C3CCCCC3)CC2)n1. The zero-order valence-corrected chi connectivity index (χ0v) is 19.2. The van der Waals surface area contributed by atoms with Gasteiger partial charge in [-0.3, -0.25) is 4.79 Å². The summed E-state index contributed by atoms with van der Waals surface area (Å²) in [5.74, 6) is 1.52. The molecule has 10 heteroatoms. The predicted octanol–water partition coefficient (Wildman–Crippen LogP) is 2.17. The summed E-state index contributed by atoms with van der Waals surface area (Å²) in [6.07, 6.45) is 6.86. The van der Waals surface area contributed by atoms with Gasteiger partial charge < -0.3 is 9.42 Å². The van der Waals surface area contributed by atoms with Gasteiger partial charge in [-0.1, -0.05) is 38.3 Å². The lowest BCUT2D eigenvalue weighted by atomic mass is 9.96. The molecule has 30 heavy (non-hydrogen) atoms. The maximum Gasteiger partial charge on any atom is 0.282 e. The van der Waals surface area contributed by atoms with Gasteiger partial charge in [-0.15, -0.1) is 0 Å². The quantitative estimate of drug-likeness (QED) is 0.613. The highest BCUT2D eigenvalue weighted by atomic mass is 32.2. The second-order valence-corrected chi connectivity index (χ2v) is 10.6. The van der Waals surface area contributed by atoms with E-state index in [1.807, 2.05) is 13.8 Å². The number of nitrogens with zero attached hydrogens (tertiary/aromatic N) is 5. The van der Waals surface area contributed by atoms with E-state index in [0.29, 0.717) is 57.2 Å². The molecule has 1 saturated carbocycles. The molecule has 0 atom stereocenters. The average molecular weight is 442 g/mol. The van der Waals surface area contributed by atoms with Gasteiger partial charge in [0.05, 0.1) is 0 Å². The highest BCUT2D eigenvalue weighted by molar-refractivity contribution is 7.86. The molecular formula is C20H35N5O4S. The maximum absolute atomic E-state index is 13.0. The van der Waals surface area contributed by atoms with E-state index >= 15 is 0 Å². The first-order valence-corrected chi connectivity index (χ1v) is 12.5. The molecule has 0 unspecified atom stereocenters. The molecule has 1 aliphatic carbocycles. The third-order valence-corrected chi connectivity index (χ3v) is 8.20. The summed E-state index contributed by atoms with van der Waals surface area (Å²) in [6, 6.07) is 0.101. The van der Waals surface area contributed by atoms with Gasteiger partial charge >= 0.3 is 0 Å². The average Bonchev–Trinajstić information content (AvgIpc) is 3.23. The van der Waals surface area contributed by atoms with Crippen LogP contribution in [-0.2, 0) is 21.4 Å². The minimum absolute atomic E-state index is 0.0521. The lowest BCUT2D eigenvalue weighted by Gasteiger charge is -2.38. The van der Waals surface area contributed by atoms with Crippen molar-refractivity contribution in [2.24, 2.45) is 0 Å². The fraction of sp³-hybridized carbons (Fsp3) is 0.850. The second-order valence-electron chi connectivity index (χ2n) is 8.65. The summed E-state index contributed by atoms with van der Waals surface area (Å²) in [7, 11) is -1.77. The van der Waals surface area contributed by atoms with Gasteiger partial charge in [-0.05, 0) is 19.3 Å². The number of aromatic nitrogens is 2. The molecule has 1 aromatic rings. The second kappa shape index (κ2) is 10.2. The van der Waals surface area contributed by atoms with Crippen LogP contribution in [0.4, 0.5) is 0 Å². The van der Waals surface area contributed by atoms with Crippen molar-refractivity contribution in [2.45, 2.75) is 77.2 Å². The molecule has 1 aliphatic heterocycles. The molecule has 1 amide bonds. The maximum atomic E-state index is 13.0. The van der Waals surface area contributed by atoms with Gasteiger partial charge in [-0.2, -0.15) is 22.0 Å². The molecule has 2 aliphatic rings. The zero-order chi connectivity index (χ0) is 21.7. The topological polar surface area (TPSA) is 99.8 Å². The molecule has 170 valence electrons. The number of carbonyl (C=O) groups excluding carboxylic acids is 1. The van der Waals surface area contributed by atoms with Gasteiger partial charge in [-0.25, -0.2) is 0 Å². The number of carbonyl (C=O) groups is 1. The molecule has 0 N–H and O–H groups in total. The van der Waals surface area contributed by atoms with Crippen molar-refractivity contribution in [1.82, 2.24) is 23.7 Å². The Morgan fingerprint density at radius 2 is 1.83 bits per heavy atom. The molecular weight excluding hydrogens is 406 g/mol. The first-order chi connectivity index (χ1) is 14.3. The summed E-state index contributed by atoms with van der Waals surface area (Å²) < 4.78 is 34.2. The van der Waals surface area contributed by atoms with E-state index in [4.69, 9.17) is 4.52 Å². The lowest BCUT2D eigenvalue weighted by molar-refractivity contribution is -0.132. The smallest absolute Gasteiger partial charge is 0.282 e. The van der Waals surface area contributed by atoms with Crippen molar-refractivity contribution < 1.29 is 17.7 Å². The molecule has 1 aromatic heterocycles. The summed E-state index contributed by atoms with van der Waals surface area (Å²) in [4.78, 5) is 18.6. The molecule has 0 spiro atoms. The first kappa shape index (κ1) is 23.1. The highest BCUT2D eigenvalue weighted by Crippen LogP contribution is 2.25. The largest absolute Gasteiger partial charge is 0.340 e. The summed E-state index contributed by atoms with van der Waals surface area (Å²) in [6.45, 7) is 5.60. The summed E-state index contributed by atoms with van der Waals surface area (Å²) >= 11 is 0. The summed E-state index contributed by atoms with van der Waals surface area (Å²) in [5, 5.41) is 3.93. The number of hydrogen-bond acceptors (Lipinski definition) is 6. The standard InChI is InChI=1S/C20H35N5O4S/c1-16(2)20-21-18(29-22-20)10-7-11-19(26)24-12-14-25(15-13-24)30(27,28)23(3)17-8-5-4-6-9-17/h16-17H,4-15H2,1-3H3. The minimum Gasteiger partial charge on any atom is -0.340 e. The van der Waals surface area contributed by atoms with E-state index in [2.05, 4.69) is 10.1 Å². The van der Waals surface area contributed by atoms with E-state index in [1.54, 1.807) is 16.3 Å². The molecule has 2 heterocycles. The van der Waals surface area contributed by atoms with Crippen LogP contribution in [0.25, 0.3) is 0 Å². The molecule has 1 saturated heterocycles. The molecule has 0 bridgehead atoms. The first-order valence-electron chi connectivity index (χ1n) is 11.1. The number of rotatable bonds is 8. The van der Waals surface area contributed by atoms with E-state index in [1.165, 1.54) is 10.7 Å². The van der Waals surface area contributed by atoms with Crippen molar-refractivity contribution in [3.05, 3.63) is 11.7 Å². The van der Waals surface area contributed by atoms with Crippen LogP contribution >= 0.6 is 0 Å². The van der Waals surface area contributed by atoms with Crippen molar-refractivity contribution in [3.8, 4) is 0 Å². The summed E-state index contributed by atoms with van der Waals surface area (Å²) in [5.41, 5.74) is 0. The molecule has 9 nitrogen and oxygen atoms in total. The Bertz CT molecular complexity index is 796.